The van der Waals surface area contributed by atoms with Gasteiger partial charge < -0.3 is 25.1 Å². The number of likely N-dealkylation sites (tertiary alicyclic amines) is 1. The van der Waals surface area contributed by atoms with Gasteiger partial charge in [-0.2, -0.15) is 24.4 Å². The van der Waals surface area contributed by atoms with Crippen LogP contribution in [0.5, 0.6) is 0 Å². The van der Waals surface area contributed by atoms with Crippen LogP contribution in [0, 0.1) is 23.8 Å². The molecule has 2 N–H and O–H groups in total. The smallest absolute Gasteiger partial charge is 0.200 e. The third-order valence-electron chi connectivity index (χ3n) is 10.5. The number of hydrogen-bond donors (Lipinski definition) is 3. The van der Waals surface area contributed by atoms with Crippen LogP contribution in [0.1, 0.15) is 199 Å². The molecule has 1 aliphatic heterocycles. The first-order chi connectivity index (χ1) is 31.7. The van der Waals surface area contributed by atoms with Gasteiger partial charge in [-0.25, -0.2) is 0 Å². The number of hydrogen-bond acceptors (Lipinski definition) is 8. The van der Waals surface area contributed by atoms with E-state index in [1.54, 1.807) is 19.1 Å². The van der Waals surface area contributed by atoms with Gasteiger partial charge in [0.1, 0.15) is 6.29 Å². The summed E-state index contributed by atoms with van der Waals surface area (Å²) in [4.78, 5) is 23.8. The second-order valence-corrected chi connectivity index (χ2v) is 18.7. The van der Waals surface area contributed by atoms with Crippen molar-refractivity contribution in [2.24, 2.45) is 11.8 Å². The Kier molecular flexibility index (Phi) is 58.0. The number of rotatable bonds is 22. The maximum absolute atomic E-state index is 12.5. The topological polar surface area (TPSA) is 70.7 Å². The second kappa shape index (κ2) is 53.1. The van der Waals surface area contributed by atoms with Crippen molar-refractivity contribution in [3.8, 4) is 12.0 Å². The molecule has 8 heteroatoms. The fourth-order valence-corrected chi connectivity index (χ4v) is 8.18. The normalized spacial score (nSPS) is 15.7. The molecule has 0 spiro atoms. The Balaban J connectivity index is -0.000000277. The third kappa shape index (κ3) is 39.2. The van der Waals surface area contributed by atoms with Crippen molar-refractivity contribution in [1.29, 1.82) is 0 Å². The summed E-state index contributed by atoms with van der Waals surface area (Å²) in [6.45, 7) is 49.4. The van der Waals surface area contributed by atoms with Gasteiger partial charge in [0, 0.05) is 47.8 Å². The molecule has 1 aromatic rings. The highest BCUT2D eigenvalue weighted by atomic mass is 32.2. The van der Waals surface area contributed by atoms with Crippen LogP contribution in [0.4, 0.5) is 0 Å². The molecule has 4 atom stereocenters. The monoisotopic (exact) mass is 958 g/mol. The van der Waals surface area contributed by atoms with Crippen molar-refractivity contribution in [1.82, 2.24) is 15.5 Å². The summed E-state index contributed by atoms with van der Waals surface area (Å²) < 4.78 is 6.65. The first-order valence-corrected chi connectivity index (χ1v) is 27.4. The number of benzene rings is 1. The number of ketones is 1. The number of thiol groups is 1. The van der Waals surface area contributed by atoms with Gasteiger partial charge >= 0.3 is 0 Å². The lowest BCUT2D eigenvalue weighted by Crippen LogP contribution is -2.38. The fourth-order valence-electron chi connectivity index (χ4n) is 6.75. The van der Waals surface area contributed by atoms with E-state index in [1.165, 1.54) is 88.1 Å². The number of nitrogens with zero attached hydrogens (tertiary/aromatic N) is 1. The Bertz CT molecular complexity index is 1320. The van der Waals surface area contributed by atoms with Gasteiger partial charge in [-0.3, -0.25) is 4.79 Å². The number of carbonyl (C=O) groups excluding carboxylic acids is 2. The number of thioether (sulfide) groups is 1. The van der Waals surface area contributed by atoms with Crippen LogP contribution in [0.15, 0.2) is 80.2 Å². The van der Waals surface area contributed by atoms with Crippen LogP contribution in [0.3, 0.4) is 0 Å². The Morgan fingerprint density at radius 3 is 1.95 bits per heavy atom. The molecular formula is C58H107N3O3S2. The molecule has 2 fully saturated rings. The molecule has 0 bridgehead atoms. The minimum Gasteiger partial charge on any atom is -0.382 e. The molecule has 1 saturated carbocycles. The van der Waals surface area contributed by atoms with Crippen LogP contribution in [-0.4, -0.2) is 71.6 Å². The average molecular weight is 959 g/mol. The van der Waals surface area contributed by atoms with E-state index in [4.69, 9.17) is 9.53 Å². The summed E-state index contributed by atoms with van der Waals surface area (Å²) in [6, 6.07) is 12.8. The average Bonchev–Trinajstić information content (AvgIpc) is 3.74. The van der Waals surface area contributed by atoms with E-state index >= 15 is 0 Å². The lowest BCUT2D eigenvalue weighted by molar-refractivity contribution is -0.117. The predicted molar refractivity (Wildman–Crippen MR) is 304 cm³/mol. The van der Waals surface area contributed by atoms with Crippen LogP contribution < -0.4 is 10.6 Å². The van der Waals surface area contributed by atoms with Crippen molar-refractivity contribution in [2.45, 2.75) is 210 Å². The predicted octanol–water partition coefficient (Wildman–Crippen LogP) is 16.1. The van der Waals surface area contributed by atoms with Crippen LogP contribution in [0.2, 0.25) is 0 Å². The minimum atomic E-state index is -0.288. The van der Waals surface area contributed by atoms with E-state index in [0.29, 0.717) is 28.8 Å². The molecule has 1 saturated heterocycles. The summed E-state index contributed by atoms with van der Waals surface area (Å²) in [6.07, 6.45) is 20.4. The molecular weight excluding hydrogens is 851 g/mol. The van der Waals surface area contributed by atoms with Gasteiger partial charge in [-0.05, 0) is 96.3 Å². The molecule has 4 unspecified atom stereocenters. The molecule has 384 valence electrons. The molecule has 6 nitrogen and oxygen atoms in total. The number of nitrogens with one attached hydrogen (secondary N) is 2. The Morgan fingerprint density at radius 1 is 0.955 bits per heavy atom. The van der Waals surface area contributed by atoms with Crippen molar-refractivity contribution in [3.63, 3.8) is 0 Å². The number of ether oxygens (including phenoxy) is 1. The van der Waals surface area contributed by atoms with Gasteiger partial charge in [-0.1, -0.05) is 176 Å². The van der Waals surface area contributed by atoms with Crippen LogP contribution in [-0.2, 0) is 14.3 Å². The third-order valence-corrected chi connectivity index (χ3v) is 12.2. The second-order valence-electron chi connectivity index (χ2n) is 16.5. The van der Waals surface area contributed by atoms with E-state index < -0.39 is 0 Å². The quantitative estimate of drug-likeness (QED) is 0.0203. The number of Topliss-reactive ketones (excluding diaryl/α,β-unsaturated/α-hetero) is 1. The lowest BCUT2D eigenvalue weighted by Gasteiger charge is -2.36. The van der Waals surface area contributed by atoms with E-state index in [0.717, 1.165) is 56.9 Å². The number of aldehydes is 1. The van der Waals surface area contributed by atoms with E-state index in [9.17, 15) is 4.79 Å². The highest BCUT2D eigenvalue weighted by Crippen LogP contribution is 2.39. The zero-order valence-corrected chi connectivity index (χ0v) is 47.5. The molecule has 0 amide bonds. The van der Waals surface area contributed by atoms with Crippen LogP contribution in [0.25, 0.3) is 0 Å². The van der Waals surface area contributed by atoms with Crippen molar-refractivity contribution in [2.75, 3.05) is 37.7 Å². The van der Waals surface area contributed by atoms with Crippen molar-refractivity contribution < 1.29 is 14.3 Å². The summed E-state index contributed by atoms with van der Waals surface area (Å²) in [5.74, 6) is 6.77. The summed E-state index contributed by atoms with van der Waals surface area (Å²) in [7, 11) is 0. The zero-order valence-electron chi connectivity index (χ0n) is 45.8. The van der Waals surface area contributed by atoms with Crippen molar-refractivity contribution >= 4 is 36.5 Å². The Morgan fingerprint density at radius 2 is 1.50 bits per heavy atom. The highest BCUT2D eigenvalue weighted by Gasteiger charge is 2.38. The van der Waals surface area contributed by atoms with Gasteiger partial charge in [0.05, 0.1) is 24.4 Å². The van der Waals surface area contributed by atoms with Gasteiger partial charge in [0.2, 0.25) is 5.78 Å². The molecule has 2 aliphatic rings. The first kappa shape index (κ1) is 72.1. The first-order valence-electron chi connectivity index (χ1n) is 25.8. The lowest BCUT2D eigenvalue weighted by atomic mass is 9.84. The SMILES string of the molecule is C=C(C(OCCS)C1CCCCC1)N1CCC(C)(SCCCCC)C1.C=C(NCC(CC)c1ccccc1)C(=O)C(CCC)NC#CC.C=CC.C=CC.CC.CC.CC=O.CCC(C)C. The number of unbranched alkanes of at least 4 members (excludes halogenated alkanes) is 2. The maximum Gasteiger partial charge on any atom is 0.200 e. The van der Waals surface area contributed by atoms with E-state index in [1.807, 2.05) is 59.7 Å². The minimum absolute atomic E-state index is 0.00230. The standard InChI is InChI=1S/C21H39NOS2.C20H28N2O.C5H12.2C3H6.C2H4O.2C2H6/c1-4-5-9-16-25-21(3)12-13-22(17-21)18(2)20(23-14-15-24)19-10-7-6-8-11-19;1-5-11-19(21-14-6-2)20(23)16(4)22-15-17(7-3)18-12-9-8-10-13-18;1-4-5(2)3;2*1-3-2;1-2-3;2*1-2/h19-20,24H,2,4-17H2,1,3H3;8-10,12-13,17,19,21-22H,4-5,7,11,15H2,1-3H3;5H,4H2,1-3H3;2*3H,1H2,2H3;2H,1H3;2*1-2H3. The molecule has 66 heavy (non-hydrogen) atoms. The largest absolute Gasteiger partial charge is 0.382 e. The molecule has 1 aliphatic carbocycles. The number of carbonyl (C=O) groups is 2. The maximum atomic E-state index is 12.5. The molecule has 3 rings (SSSR count). The number of allylic oxidation sites excluding steroid dienone is 2. The summed E-state index contributed by atoms with van der Waals surface area (Å²) >= 11 is 6.53. The zero-order chi connectivity index (χ0) is 51.6. The summed E-state index contributed by atoms with van der Waals surface area (Å²) in [5, 5.41) is 6.19. The Labute approximate surface area is 421 Å². The molecule has 0 radical (unpaired) electrons. The van der Waals surface area contributed by atoms with Gasteiger partial charge in [-0.15, -0.1) is 13.2 Å². The van der Waals surface area contributed by atoms with E-state index in [-0.39, 0.29) is 17.9 Å². The van der Waals surface area contributed by atoms with E-state index in [2.05, 4.69) is 139 Å². The van der Waals surface area contributed by atoms with Gasteiger partial charge in [0.25, 0.3) is 0 Å². The van der Waals surface area contributed by atoms with Crippen molar-refractivity contribution in [3.05, 3.63) is 85.8 Å². The fraction of sp³-hybridized carbons (Fsp3) is 0.690. The molecule has 1 heterocycles. The van der Waals surface area contributed by atoms with Gasteiger partial charge in [0.15, 0.2) is 0 Å². The molecule has 0 aromatic heterocycles. The highest BCUT2D eigenvalue weighted by molar-refractivity contribution is 8.00. The molecule has 1 aromatic carbocycles. The Hall–Kier alpha value is -2.86. The van der Waals surface area contributed by atoms with Crippen LogP contribution >= 0.6 is 24.4 Å². The summed E-state index contributed by atoms with van der Waals surface area (Å²) in [5.41, 5.74) is 2.98.